The van der Waals surface area contributed by atoms with Crippen LogP contribution in [-0.4, -0.2) is 48.8 Å². The summed E-state index contributed by atoms with van der Waals surface area (Å²) in [6, 6.07) is 5.01. The molecule has 1 saturated heterocycles. The van der Waals surface area contributed by atoms with Gasteiger partial charge in [0.15, 0.2) is 21.3 Å². The number of amides is 1. The third-order valence-corrected chi connectivity index (χ3v) is 7.25. The van der Waals surface area contributed by atoms with E-state index in [0.717, 1.165) is 30.5 Å². The lowest BCUT2D eigenvalue weighted by Gasteiger charge is -2.19. The minimum absolute atomic E-state index is 0.0395. The van der Waals surface area contributed by atoms with Gasteiger partial charge in [-0.25, -0.2) is 8.42 Å². The fourth-order valence-electron chi connectivity index (χ4n) is 4.20. The van der Waals surface area contributed by atoms with E-state index >= 15 is 0 Å². The summed E-state index contributed by atoms with van der Waals surface area (Å²) in [5.41, 5.74) is 2.95. The van der Waals surface area contributed by atoms with E-state index < -0.39 is 9.84 Å². The Morgan fingerprint density at radius 3 is 2.79 bits per heavy atom. The summed E-state index contributed by atoms with van der Waals surface area (Å²) in [4.78, 5) is 13.1. The van der Waals surface area contributed by atoms with Crippen LogP contribution in [0.25, 0.3) is 0 Å². The molecule has 0 radical (unpaired) electrons. The van der Waals surface area contributed by atoms with Crippen molar-refractivity contribution in [1.29, 1.82) is 0 Å². The van der Waals surface area contributed by atoms with Crippen LogP contribution in [0.2, 0.25) is 0 Å². The normalized spacial score (nSPS) is 22.1. The standard InChI is InChI=1S/C19H21N3O5S/c23-19(20-12-4-5-16-17(10-12)27-8-7-26-16)18-14-2-1-3-15(14)21-22(18)13-6-9-28(24,25)11-13/h4-5,10,13H,1-3,6-9,11H2,(H,20,23)/t13-/m0/s1. The second-order valence-corrected chi connectivity index (χ2v) is 9.67. The SMILES string of the molecule is O=C(Nc1ccc2c(c1)OCCO2)c1c2c(nn1[C@H]1CCS(=O)(=O)C1)CCC2. The summed E-state index contributed by atoms with van der Waals surface area (Å²) in [6.45, 7) is 0.981. The molecule has 28 heavy (non-hydrogen) atoms. The van der Waals surface area contributed by atoms with Crippen molar-refractivity contribution in [3.8, 4) is 11.5 Å². The highest BCUT2D eigenvalue weighted by Crippen LogP contribution is 2.34. The fourth-order valence-corrected chi connectivity index (χ4v) is 5.89. The van der Waals surface area contributed by atoms with Crippen molar-refractivity contribution >= 4 is 21.4 Å². The van der Waals surface area contributed by atoms with Gasteiger partial charge in [0.1, 0.15) is 18.9 Å². The summed E-state index contributed by atoms with van der Waals surface area (Å²) < 4.78 is 36.6. The third-order valence-electron chi connectivity index (χ3n) is 5.50. The molecule has 1 N–H and O–H groups in total. The maximum absolute atomic E-state index is 13.1. The third kappa shape index (κ3) is 3.03. The van der Waals surface area contributed by atoms with Crippen LogP contribution in [0.3, 0.4) is 0 Å². The number of rotatable bonds is 3. The van der Waals surface area contributed by atoms with Crippen LogP contribution in [-0.2, 0) is 22.7 Å². The second kappa shape index (κ2) is 6.51. The number of aromatic nitrogens is 2. The van der Waals surface area contributed by atoms with E-state index in [1.807, 2.05) is 0 Å². The predicted molar refractivity (Wildman–Crippen MR) is 102 cm³/mol. The first-order valence-corrected chi connectivity index (χ1v) is 11.3. The van der Waals surface area contributed by atoms with Gasteiger partial charge in [0.25, 0.3) is 5.91 Å². The number of sulfone groups is 1. The Hall–Kier alpha value is -2.55. The topological polar surface area (TPSA) is 99.5 Å². The van der Waals surface area contributed by atoms with Crippen LogP contribution in [0.5, 0.6) is 11.5 Å². The van der Waals surface area contributed by atoms with Gasteiger partial charge in [0.05, 0.1) is 23.2 Å². The van der Waals surface area contributed by atoms with Crippen molar-refractivity contribution in [2.75, 3.05) is 30.0 Å². The van der Waals surface area contributed by atoms with Crippen LogP contribution >= 0.6 is 0 Å². The van der Waals surface area contributed by atoms with E-state index in [0.29, 0.717) is 42.5 Å². The Bertz CT molecular complexity index is 1060. The minimum atomic E-state index is -3.07. The van der Waals surface area contributed by atoms with E-state index in [4.69, 9.17) is 9.47 Å². The van der Waals surface area contributed by atoms with Gasteiger partial charge >= 0.3 is 0 Å². The number of fused-ring (bicyclic) bond motifs is 2. The van der Waals surface area contributed by atoms with Gasteiger partial charge in [0.2, 0.25) is 0 Å². The molecule has 3 heterocycles. The lowest BCUT2D eigenvalue weighted by molar-refractivity contribution is 0.101. The lowest BCUT2D eigenvalue weighted by atomic mass is 10.1. The number of ether oxygens (including phenoxy) is 2. The first-order valence-electron chi connectivity index (χ1n) is 9.52. The molecule has 1 aromatic carbocycles. The molecule has 2 aromatic rings. The number of nitrogens with zero attached hydrogens (tertiary/aromatic N) is 2. The molecule has 1 aliphatic carbocycles. The average molecular weight is 403 g/mol. The Balaban J connectivity index is 1.46. The Morgan fingerprint density at radius 1 is 1.18 bits per heavy atom. The fraction of sp³-hybridized carbons (Fsp3) is 0.474. The molecule has 0 spiro atoms. The molecule has 1 atom stereocenters. The predicted octanol–water partition coefficient (Wildman–Crippen LogP) is 1.75. The number of aryl methyl sites for hydroxylation is 1. The smallest absolute Gasteiger partial charge is 0.274 e. The summed E-state index contributed by atoms with van der Waals surface area (Å²) >= 11 is 0. The number of anilines is 1. The Labute approximate surface area is 162 Å². The largest absolute Gasteiger partial charge is 0.486 e. The quantitative estimate of drug-likeness (QED) is 0.838. The van der Waals surface area contributed by atoms with Crippen molar-refractivity contribution in [3.05, 3.63) is 35.2 Å². The van der Waals surface area contributed by atoms with Crippen molar-refractivity contribution < 1.29 is 22.7 Å². The molecule has 1 fully saturated rings. The number of carbonyl (C=O) groups is 1. The van der Waals surface area contributed by atoms with Gasteiger partial charge < -0.3 is 14.8 Å². The monoisotopic (exact) mass is 403 g/mol. The second-order valence-electron chi connectivity index (χ2n) is 7.44. The van der Waals surface area contributed by atoms with Crippen LogP contribution < -0.4 is 14.8 Å². The van der Waals surface area contributed by atoms with Gasteiger partial charge in [-0.2, -0.15) is 5.10 Å². The highest BCUT2D eigenvalue weighted by Gasteiger charge is 2.35. The highest BCUT2D eigenvalue weighted by atomic mass is 32.2. The lowest BCUT2D eigenvalue weighted by Crippen LogP contribution is -2.23. The zero-order valence-corrected chi connectivity index (χ0v) is 16.1. The van der Waals surface area contributed by atoms with Crippen LogP contribution in [0.4, 0.5) is 5.69 Å². The molecule has 0 saturated carbocycles. The van der Waals surface area contributed by atoms with Gasteiger partial charge in [-0.15, -0.1) is 0 Å². The van der Waals surface area contributed by atoms with Crippen LogP contribution in [0, 0.1) is 0 Å². The van der Waals surface area contributed by atoms with Crippen molar-refractivity contribution in [2.45, 2.75) is 31.7 Å². The summed E-state index contributed by atoms with van der Waals surface area (Å²) in [5, 5.41) is 7.54. The molecule has 5 rings (SSSR count). The average Bonchev–Trinajstić information content (AvgIpc) is 3.35. The van der Waals surface area contributed by atoms with E-state index in [1.165, 1.54) is 0 Å². The van der Waals surface area contributed by atoms with E-state index in [9.17, 15) is 13.2 Å². The first-order chi connectivity index (χ1) is 13.5. The molecule has 1 aromatic heterocycles. The highest BCUT2D eigenvalue weighted by molar-refractivity contribution is 7.91. The maximum Gasteiger partial charge on any atom is 0.274 e. The van der Waals surface area contributed by atoms with Crippen LogP contribution in [0.1, 0.15) is 40.6 Å². The van der Waals surface area contributed by atoms with Crippen molar-refractivity contribution in [1.82, 2.24) is 9.78 Å². The zero-order chi connectivity index (χ0) is 19.3. The number of hydrogen-bond acceptors (Lipinski definition) is 6. The van der Waals surface area contributed by atoms with Gasteiger partial charge in [0, 0.05) is 17.3 Å². The van der Waals surface area contributed by atoms with Gasteiger partial charge in [-0.05, 0) is 37.8 Å². The number of hydrogen-bond donors (Lipinski definition) is 1. The molecule has 8 nitrogen and oxygen atoms in total. The zero-order valence-electron chi connectivity index (χ0n) is 15.3. The molecule has 9 heteroatoms. The number of nitrogens with one attached hydrogen (secondary N) is 1. The summed E-state index contributed by atoms with van der Waals surface area (Å²) in [5.74, 6) is 1.18. The molecular formula is C19H21N3O5S. The summed E-state index contributed by atoms with van der Waals surface area (Å²) in [6.07, 6.45) is 3.07. The van der Waals surface area contributed by atoms with Gasteiger partial charge in [-0.3, -0.25) is 9.48 Å². The van der Waals surface area contributed by atoms with E-state index in [1.54, 1.807) is 22.9 Å². The van der Waals surface area contributed by atoms with E-state index in [2.05, 4.69) is 10.4 Å². The Kier molecular flexibility index (Phi) is 4.08. The molecule has 148 valence electrons. The molecular weight excluding hydrogens is 382 g/mol. The molecule has 0 unspecified atom stereocenters. The minimum Gasteiger partial charge on any atom is -0.486 e. The van der Waals surface area contributed by atoms with E-state index in [-0.39, 0.29) is 23.5 Å². The van der Waals surface area contributed by atoms with Gasteiger partial charge in [-0.1, -0.05) is 0 Å². The number of carbonyl (C=O) groups excluding carboxylic acids is 1. The molecule has 3 aliphatic rings. The molecule has 1 amide bonds. The van der Waals surface area contributed by atoms with Crippen molar-refractivity contribution in [2.24, 2.45) is 0 Å². The Morgan fingerprint density at radius 2 is 2.00 bits per heavy atom. The van der Waals surface area contributed by atoms with Crippen molar-refractivity contribution in [3.63, 3.8) is 0 Å². The van der Waals surface area contributed by atoms with Crippen LogP contribution in [0.15, 0.2) is 18.2 Å². The number of benzene rings is 1. The maximum atomic E-state index is 13.1. The molecule has 2 aliphatic heterocycles. The molecule has 0 bridgehead atoms. The first kappa shape index (κ1) is 17.5. The summed E-state index contributed by atoms with van der Waals surface area (Å²) in [7, 11) is -3.07.